The van der Waals surface area contributed by atoms with Crippen molar-refractivity contribution < 1.29 is 14.2 Å². The predicted molar refractivity (Wildman–Crippen MR) is 61.2 cm³/mol. The van der Waals surface area contributed by atoms with Gasteiger partial charge in [-0.25, -0.2) is 0 Å². The second-order valence-corrected chi connectivity index (χ2v) is 3.67. The Hall–Kier alpha value is -1.77. The third-order valence-electron chi connectivity index (χ3n) is 2.43. The highest BCUT2D eigenvalue weighted by atomic mass is 16.7. The third-order valence-corrected chi connectivity index (χ3v) is 2.43. The molecule has 1 aliphatic rings. The SMILES string of the molecule is N#CCOc1ccc(C2OCCCO2)cc1N. The van der Waals surface area contributed by atoms with Crippen LogP contribution in [0.1, 0.15) is 18.3 Å². The number of hydrogen-bond donors (Lipinski definition) is 1. The molecule has 0 atom stereocenters. The zero-order valence-electron chi connectivity index (χ0n) is 9.39. The molecule has 0 unspecified atom stereocenters. The van der Waals surface area contributed by atoms with Crippen molar-refractivity contribution in [3.05, 3.63) is 23.8 Å². The molecule has 1 fully saturated rings. The number of nitrogens with two attached hydrogens (primary N) is 1. The minimum absolute atomic E-state index is 0.0139. The predicted octanol–water partition coefficient (Wildman–Crippen LogP) is 1.61. The van der Waals surface area contributed by atoms with Gasteiger partial charge in [0.1, 0.15) is 11.8 Å². The van der Waals surface area contributed by atoms with Gasteiger partial charge in [-0.05, 0) is 18.6 Å². The van der Waals surface area contributed by atoms with Crippen molar-refractivity contribution in [2.75, 3.05) is 25.6 Å². The molecule has 0 aromatic heterocycles. The number of nitrogens with zero attached hydrogens (tertiary/aromatic N) is 1. The first-order valence-electron chi connectivity index (χ1n) is 5.43. The maximum absolute atomic E-state index is 8.42. The van der Waals surface area contributed by atoms with Crippen molar-refractivity contribution in [2.24, 2.45) is 0 Å². The van der Waals surface area contributed by atoms with Crippen LogP contribution in [0.15, 0.2) is 18.2 Å². The van der Waals surface area contributed by atoms with Gasteiger partial charge >= 0.3 is 0 Å². The van der Waals surface area contributed by atoms with Crippen LogP contribution in [0.5, 0.6) is 5.75 Å². The fourth-order valence-electron chi connectivity index (χ4n) is 1.64. The van der Waals surface area contributed by atoms with Crippen LogP contribution in [0.4, 0.5) is 5.69 Å². The Kier molecular flexibility index (Phi) is 3.81. The van der Waals surface area contributed by atoms with Gasteiger partial charge in [-0.2, -0.15) is 5.26 Å². The van der Waals surface area contributed by atoms with Gasteiger partial charge in [0.05, 0.1) is 18.9 Å². The Morgan fingerprint density at radius 3 is 2.82 bits per heavy atom. The van der Waals surface area contributed by atoms with E-state index in [9.17, 15) is 0 Å². The number of rotatable bonds is 3. The van der Waals surface area contributed by atoms with Crippen molar-refractivity contribution in [3.8, 4) is 11.8 Å². The highest BCUT2D eigenvalue weighted by molar-refractivity contribution is 5.54. The van der Waals surface area contributed by atoms with E-state index >= 15 is 0 Å². The molecule has 5 heteroatoms. The molecule has 0 spiro atoms. The Balaban J connectivity index is 2.10. The van der Waals surface area contributed by atoms with Gasteiger partial charge in [0.25, 0.3) is 0 Å². The summed E-state index contributed by atoms with van der Waals surface area (Å²) in [6.07, 6.45) is 0.561. The number of benzene rings is 1. The highest BCUT2D eigenvalue weighted by Crippen LogP contribution is 2.29. The van der Waals surface area contributed by atoms with E-state index in [1.54, 1.807) is 12.1 Å². The van der Waals surface area contributed by atoms with Gasteiger partial charge < -0.3 is 19.9 Å². The minimum atomic E-state index is -0.351. The molecule has 2 N–H and O–H groups in total. The lowest BCUT2D eigenvalue weighted by molar-refractivity contribution is -0.183. The van der Waals surface area contributed by atoms with Gasteiger partial charge in [0.15, 0.2) is 12.9 Å². The maximum Gasteiger partial charge on any atom is 0.183 e. The molecule has 1 aromatic carbocycles. The summed E-state index contributed by atoms with van der Waals surface area (Å²) < 4.78 is 16.1. The molecule has 0 aliphatic carbocycles. The molecule has 2 rings (SSSR count). The van der Waals surface area contributed by atoms with E-state index in [4.69, 9.17) is 25.2 Å². The van der Waals surface area contributed by atoms with Gasteiger partial charge in [0.2, 0.25) is 0 Å². The molecule has 90 valence electrons. The summed E-state index contributed by atoms with van der Waals surface area (Å²) in [4.78, 5) is 0. The normalized spacial score (nSPS) is 16.4. The van der Waals surface area contributed by atoms with Crippen LogP contribution in [0.25, 0.3) is 0 Å². The Labute approximate surface area is 99.7 Å². The zero-order valence-corrected chi connectivity index (χ0v) is 9.39. The van der Waals surface area contributed by atoms with Crippen molar-refractivity contribution in [2.45, 2.75) is 12.7 Å². The van der Waals surface area contributed by atoms with Crippen molar-refractivity contribution >= 4 is 5.69 Å². The number of nitrogen functional groups attached to an aromatic ring is 1. The third kappa shape index (κ3) is 2.87. The van der Waals surface area contributed by atoms with E-state index in [1.165, 1.54) is 0 Å². The lowest BCUT2D eigenvalue weighted by atomic mass is 10.1. The molecule has 1 saturated heterocycles. The van der Waals surface area contributed by atoms with Crippen LogP contribution >= 0.6 is 0 Å². The van der Waals surface area contributed by atoms with Crippen molar-refractivity contribution in [1.82, 2.24) is 0 Å². The molecule has 5 nitrogen and oxygen atoms in total. The van der Waals surface area contributed by atoms with Crippen LogP contribution in [0.2, 0.25) is 0 Å². The standard InChI is InChI=1S/C12H14N2O3/c13-4-7-15-11-3-2-9(8-10(11)14)12-16-5-1-6-17-12/h2-3,8,12H,1,5-7,14H2. The molecule has 17 heavy (non-hydrogen) atoms. The maximum atomic E-state index is 8.42. The summed E-state index contributed by atoms with van der Waals surface area (Å²) in [5.41, 5.74) is 7.17. The van der Waals surface area contributed by atoms with E-state index in [1.807, 2.05) is 12.1 Å². The van der Waals surface area contributed by atoms with Crippen LogP contribution in [-0.4, -0.2) is 19.8 Å². The summed E-state index contributed by atoms with van der Waals surface area (Å²) in [5.74, 6) is 0.506. The first kappa shape index (κ1) is 11.7. The lowest BCUT2D eigenvalue weighted by Gasteiger charge is -2.23. The number of nitriles is 1. The molecular weight excluding hydrogens is 220 g/mol. The molecule has 0 saturated carbocycles. The molecule has 0 bridgehead atoms. The molecule has 1 heterocycles. The second-order valence-electron chi connectivity index (χ2n) is 3.67. The van der Waals surface area contributed by atoms with E-state index in [-0.39, 0.29) is 12.9 Å². The van der Waals surface area contributed by atoms with Gasteiger partial charge in [-0.1, -0.05) is 6.07 Å². The summed E-state index contributed by atoms with van der Waals surface area (Å²) in [6.45, 7) is 1.37. The number of ether oxygens (including phenoxy) is 3. The fourth-order valence-corrected chi connectivity index (χ4v) is 1.64. The van der Waals surface area contributed by atoms with Crippen LogP contribution in [-0.2, 0) is 9.47 Å². The van der Waals surface area contributed by atoms with E-state index in [0.717, 1.165) is 12.0 Å². The first-order valence-corrected chi connectivity index (χ1v) is 5.43. The van der Waals surface area contributed by atoms with E-state index in [2.05, 4.69) is 0 Å². The first-order chi connectivity index (χ1) is 8.31. The molecule has 0 radical (unpaired) electrons. The molecule has 0 amide bonds. The van der Waals surface area contributed by atoms with Gasteiger partial charge in [0, 0.05) is 5.56 Å². The van der Waals surface area contributed by atoms with Gasteiger partial charge in [-0.3, -0.25) is 0 Å². The molecule has 1 aromatic rings. The van der Waals surface area contributed by atoms with Gasteiger partial charge in [-0.15, -0.1) is 0 Å². The van der Waals surface area contributed by atoms with Crippen molar-refractivity contribution in [1.29, 1.82) is 5.26 Å². The fraction of sp³-hybridized carbons (Fsp3) is 0.417. The Morgan fingerprint density at radius 1 is 1.41 bits per heavy atom. The molecule has 1 aliphatic heterocycles. The monoisotopic (exact) mass is 234 g/mol. The summed E-state index contributed by atoms with van der Waals surface area (Å²) in [6, 6.07) is 7.20. The summed E-state index contributed by atoms with van der Waals surface area (Å²) >= 11 is 0. The van der Waals surface area contributed by atoms with E-state index in [0.29, 0.717) is 24.7 Å². The van der Waals surface area contributed by atoms with Crippen molar-refractivity contribution in [3.63, 3.8) is 0 Å². The Morgan fingerprint density at radius 2 is 2.18 bits per heavy atom. The van der Waals surface area contributed by atoms with Crippen LogP contribution in [0, 0.1) is 11.3 Å². The smallest absolute Gasteiger partial charge is 0.183 e. The zero-order chi connectivity index (χ0) is 12.1. The minimum Gasteiger partial charge on any atom is -0.477 e. The Bertz CT molecular complexity index is 422. The highest BCUT2D eigenvalue weighted by Gasteiger charge is 2.17. The lowest BCUT2D eigenvalue weighted by Crippen LogP contribution is -2.17. The van der Waals surface area contributed by atoms with Crippen LogP contribution < -0.4 is 10.5 Å². The summed E-state index contributed by atoms with van der Waals surface area (Å²) in [5, 5.41) is 8.42. The average Bonchev–Trinajstić information content (AvgIpc) is 2.38. The van der Waals surface area contributed by atoms with Crippen LogP contribution in [0.3, 0.4) is 0 Å². The topological polar surface area (TPSA) is 77.5 Å². The second kappa shape index (κ2) is 5.53. The van der Waals surface area contributed by atoms with E-state index < -0.39 is 0 Å². The average molecular weight is 234 g/mol. The number of anilines is 1. The number of hydrogen-bond acceptors (Lipinski definition) is 5. The molecular formula is C12H14N2O3. The largest absolute Gasteiger partial charge is 0.477 e. The summed E-state index contributed by atoms with van der Waals surface area (Å²) in [7, 11) is 0. The quantitative estimate of drug-likeness (QED) is 0.804.